The third-order valence-corrected chi connectivity index (χ3v) is 6.35. The average molecular weight is 369 g/mol. The van der Waals surface area contributed by atoms with Crippen LogP contribution in [-0.4, -0.2) is 59.1 Å². The molecular weight excluding hydrogens is 342 g/mol. The lowest BCUT2D eigenvalue weighted by molar-refractivity contribution is -0.0610. The quantitative estimate of drug-likeness (QED) is 0.870. The largest absolute Gasteiger partial charge is 0.493 e. The molecule has 0 spiro atoms. The van der Waals surface area contributed by atoms with Gasteiger partial charge in [-0.25, -0.2) is 4.98 Å². The number of pyridine rings is 1. The summed E-state index contributed by atoms with van der Waals surface area (Å²) in [5.74, 6) is 3.13. The Bertz CT molecular complexity index is 848. The molecule has 2 N–H and O–H groups in total. The van der Waals surface area contributed by atoms with Crippen LogP contribution in [-0.2, 0) is 4.74 Å². The van der Waals surface area contributed by atoms with Crippen molar-refractivity contribution in [1.82, 2.24) is 19.7 Å². The van der Waals surface area contributed by atoms with Gasteiger partial charge in [0.1, 0.15) is 0 Å². The standard InChI is InChI=1S/C20H27N5O2/c1-11(2)25-17(19-14-7-24(8-15(14)19)13-9-27-10-13)5-16(23-25)12-4-18(26-3)20(21)22-6-12/h4-6,11,13-15,19H,7-10H2,1-3H3,(H2,21,22)/t14-,15+,19?. The predicted molar refractivity (Wildman–Crippen MR) is 103 cm³/mol. The first-order chi connectivity index (χ1) is 13.1. The molecule has 5 rings (SSSR count). The molecule has 2 aromatic heterocycles. The van der Waals surface area contributed by atoms with Crippen LogP contribution in [0.15, 0.2) is 18.3 Å². The first-order valence-corrected chi connectivity index (χ1v) is 9.78. The van der Waals surface area contributed by atoms with Crippen LogP contribution in [0, 0.1) is 11.8 Å². The zero-order chi connectivity index (χ0) is 18.7. The van der Waals surface area contributed by atoms with Crippen LogP contribution < -0.4 is 10.5 Å². The third-order valence-electron chi connectivity index (χ3n) is 6.35. The van der Waals surface area contributed by atoms with Crippen molar-refractivity contribution in [1.29, 1.82) is 0 Å². The highest BCUT2D eigenvalue weighted by molar-refractivity contribution is 5.64. The van der Waals surface area contributed by atoms with Crippen molar-refractivity contribution in [3.05, 3.63) is 24.0 Å². The number of likely N-dealkylation sites (tertiary alicyclic amines) is 1. The van der Waals surface area contributed by atoms with Gasteiger partial charge < -0.3 is 15.2 Å². The second kappa shape index (κ2) is 6.21. The smallest absolute Gasteiger partial charge is 0.166 e. The molecule has 1 unspecified atom stereocenters. The summed E-state index contributed by atoms with van der Waals surface area (Å²) in [7, 11) is 1.61. The lowest BCUT2D eigenvalue weighted by Gasteiger charge is -2.35. The fraction of sp³-hybridized carbons (Fsp3) is 0.600. The van der Waals surface area contributed by atoms with Crippen LogP contribution in [0.2, 0.25) is 0 Å². The maximum atomic E-state index is 5.86. The van der Waals surface area contributed by atoms with Crippen molar-refractivity contribution in [3.63, 3.8) is 0 Å². The molecule has 3 atom stereocenters. The van der Waals surface area contributed by atoms with E-state index in [0.29, 0.717) is 29.6 Å². The number of ether oxygens (including phenoxy) is 2. The van der Waals surface area contributed by atoms with E-state index in [1.807, 2.05) is 6.07 Å². The topological polar surface area (TPSA) is 78.4 Å². The zero-order valence-electron chi connectivity index (χ0n) is 16.1. The number of nitrogens with zero attached hydrogens (tertiary/aromatic N) is 4. The zero-order valence-corrected chi connectivity index (χ0v) is 16.1. The Hall–Kier alpha value is -2.12. The van der Waals surface area contributed by atoms with Crippen molar-refractivity contribution in [2.75, 3.05) is 39.1 Å². The molecule has 3 fully saturated rings. The number of hydrogen-bond donors (Lipinski definition) is 1. The van der Waals surface area contributed by atoms with Crippen LogP contribution in [0.4, 0.5) is 5.82 Å². The Balaban J connectivity index is 1.41. The second-order valence-electron chi connectivity index (χ2n) is 8.30. The highest BCUT2D eigenvalue weighted by atomic mass is 16.5. The third kappa shape index (κ3) is 2.72. The number of nitrogen functional groups attached to an aromatic ring is 1. The Labute approximate surface area is 159 Å². The van der Waals surface area contributed by atoms with Gasteiger partial charge in [-0.05, 0) is 37.8 Å². The van der Waals surface area contributed by atoms with Gasteiger partial charge in [-0.15, -0.1) is 0 Å². The molecule has 2 saturated heterocycles. The van der Waals surface area contributed by atoms with E-state index in [-0.39, 0.29) is 0 Å². The molecule has 27 heavy (non-hydrogen) atoms. The number of nitrogens with two attached hydrogens (primary N) is 1. The van der Waals surface area contributed by atoms with Gasteiger partial charge in [0.05, 0.1) is 32.1 Å². The highest BCUT2D eigenvalue weighted by Crippen LogP contribution is 2.59. The van der Waals surface area contributed by atoms with E-state index in [0.717, 1.165) is 36.3 Å². The molecule has 7 heteroatoms. The molecule has 0 bridgehead atoms. The second-order valence-corrected chi connectivity index (χ2v) is 8.30. The highest BCUT2D eigenvalue weighted by Gasteiger charge is 2.58. The summed E-state index contributed by atoms with van der Waals surface area (Å²) in [5.41, 5.74) is 9.11. The summed E-state index contributed by atoms with van der Waals surface area (Å²) >= 11 is 0. The minimum Gasteiger partial charge on any atom is -0.493 e. The monoisotopic (exact) mass is 369 g/mol. The van der Waals surface area contributed by atoms with Crippen LogP contribution >= 0.6 is 0 Å². The van der Waals surface area contributed by atoms with Gasteiger partial charge in [0.25, 0.3) is 0 Å². The van der Waals surface area contributed by atoms with E-state index >= 15 is 0 Å². The Morgan fingerprint density at radius 3 is 2.56 bits per heavy atom. The number of aromatic nitrogens is 3. The lowest BCUT2D eigenvalue weighted by Crippen LogP contribution is -2.48. The van der Waals surface area contributed by atoms with E-state index in [4.69, 9.17) is 20.3 Å². The minimum atomic E-state index is 0.329. The Kier molecular flexibility index (Phi) is 3.91. The molecule has 3 aliphatic rings. The molecule has 144 valence electrons. The number of anilines is 1. The fourth-order valence-electron chi connectivity index (χ4n) is 4.70. The van der Waals surface area contributed by atoms with Crippen molar-refractivity contribution in [3.8, 4) is 17.0 Å². The molecule has 2 aromatic rings. The van der Waals surface area contributed by atoms with Gasteiger partial charge in [-0.1, -0.05) is 0 Å². The first kappa shape index (κ1) is 17.0. The van der Waals surface area contributed by atoms with Gasteiger partial charge in [0.15, 0.2) is 11.6 Å². The van der Waals surface area contributed by atoms with Gasteiger partial charge in [0, 0.05) is 42.5 Å². The molecule has 1 saturated carbocycles. The Morgan fingerprint density at radius 1 is 1.22 bits per heavy atom. The summed E-state index contributed by atoms with van der Waals surface area (Å²) in [5, 5.41) is 4.90. The summed E-state index contributed by atoms with van der Waals surface area (Å²) in [6, 6.07) is 5.14. The van der Waals surface area contributed by atoms with Crippen LogP contribution in [0.3, 0.4) is 0 Å². The normalized spacial score (nSPS) is 27.6. The van der Waals surface area contributed by atoms with Crippen molar-refractivity contribution in [2.24, 2.45) is 11.8 Å². The number of piperidine rings is 1. The van der Waals surface area contributed by atoms with E-state index in [1.54, 1.807) is 13.3 Å². The summed E-state index contributed by atoms with van der Waals surface area (Å²) in [6.07, 6.45) is 1.78. The number of methoxy groups -OCH3 is 1. The Morgan fingerprint density at radius 2 is 1.96 bits per heavy atom. The van der Waals surface area contributed by atoms with Crippen LogP contribution in [0.5, 0.6) is 5.75 Å². The van der Waals surface area contributed by atoms with Crippen molar-refractivity contribution in [2.45, 2.75) is 31.8 Å². The van der Waals surface area contributed by atoms with Crippen LogP contribution in [0.1, 0.15) is 31.5 Å². The van der Waals surface area contributed by atoms with E-state index < -0.39 is 0 Å². The number of rotatable bonds is 5. The van der Waals surface area contributed by atoms with Gasteiger partial charge in [-0.3, -0.25) is 9.58 Å². The summed E-state index contributed by atoms with van der Waals surface area (Å²) in [4.78, 5) is 6.87. The average Bonchev–Trinajstić information content (AvgIpc) is 2.98. The van der Waals surface area contributed by atoms with Crippen molar-refractivity contribution < 1.29 is 9.47 Å². The summed E-state index contributed by atoms with van der Waals surface area (Å²) < 4.78 is 12.9. The number of fused-ring (bicyclic) bond motifs is 1. The molecule has 7 nitrogen and oxygen atoms in total. The molecule has 4 heterocycles. The molecule has 0 aromatic carbocycles. The molecule has 0 amide bonds. The maximum Gasteiger partial charge on any atom is 0.166 e. The SMILES string of the molecule is COc1cc(-c2cc(C3[C@H]4CN(C5COC5)C[C@@H]34)n(C(C)C)n2)cnc1N. The maximum absolute atomic E-state index is 5.86. The van der Waals surface area contributed by atoms with Gasteiger partial charge in [0.2, 0.25) is 0 Å². The molecular formula is C20H27N5O2. The van der Waals surface area contributed by atoms with E-state index in [9.17, 15) is 0 Å². The van der Waals surface area contributed by atoms with Crippen LogP contribution in [0.25, 0.3) is 11.3 Å². The minimum absolute atomic E-state index is 0.329. The predicted octanol–water partition coefficient (Wildman–Crippen LogP) is 2.16. The molecule has 0 radical (unpaired) electrons. The van der Waals surface area contributed by atoms with Crippen molar-refractivity contribution >= 4 is 5.82 Å². The number of hydrogen-bond acceptors (Lipinski definition) is 6. The molecule has 2 aliphatic heterocycles. The van der Waals surface area contributed by atoms with E-state index in [2.05, 4.69) is 34.5 Å². The fourth-order valence-corrected chi connectivity index (χ4v) is 4.70. The molecule has 1 aliphatic carbocycles. The van der Waals surface area contributed by atoms with Gasteiger partial charge >= 0.3 is 0 Å². The summed E-state index contributed by atoms with van der Waals surface area (Å²) in [6.45, 7) is 8.59. The van der Waals surface area contributed by atoms with E-state index in [1.165, 1.54) is 18.8 Å². The first-order valence-electron chi connectivity index (χ1n) is 9.78. The van der Waals surface area contributed by atoms with Gasteiger partial charge in [-0.2, -0.15) is 5.10 Å². The lowest BCUT2D eigenvalue weighted by atomic mass is 10.1.